The van der Waals surface area contributed by atoms with Gasteiger partial charge in [-0.25, -0.2) is 0 Å². The topological polar surface area (TPSA) is 27.7 Å². The molecule has 0 amide bonds. The second kappa shape index (κ2) is 9.57. The van der Waals surface area contributed by atoms with Crippen molar-refractivity contribution in [1.29, 1.82) is 0 Å². The van der Waals surface area contributed by atoms with Crippen molar-refractivity contribution >= 4 is 8.60 Å². The summed E-state index contributed by atoms with van der Waals surface area (Å²) in [6, 6.07) is 0. The van der Waals surface area contributed by atoms with Crippen LogP contribution in [-0.2, 0) is 13.6 Å². The van der Waals surface area contributed by atoms with E-state index in [1.165, 1.54) is 77.0 Å². The lowest BCUT2D eigenvalue weighted by Crippen LogP contribution is -2.11. The highest BCUT2D eigenvalue weighted by Crippen LogP contribution is 2.44. The summed E-state index contributed by atoms with van der Waals surface area (Å²) in [6.45, 7) is 2.54. The molecule has 0 saturated heterocycles. The van der Waals surface area contributed by atoms with E-state index in [-0.39, 0.29) is 0 Å². The molecule has 3 aliphatic carbocycles. The van der Waals surface area contributed by atoms with Crippen molar-refractivity contribution in [3.05, 3.63) is 0 Å². The SMILES string of the molecule is C1CCC(COP(OCC2CCCC2)OCC2CCCC2)C1. The van der Waals surface area contributed by atoms with E-state index in [2.05, 4.69) is 0 Å². The van der Waals surface area contributed by atoms with Crippen LogP contribution in [0, 0.1) is 17.8 Å². The third-order valence-corrected chi connectivity index (χ3v) is 6.75. The van der Waals surface area contributed by atoms with E-state index < -0.39 is 8.60 Å². The third kappa shape index (κ3) is 5.74. The van der Waals surface area contributed by atoms with Crippen molar-refractivity contribution in [3.63, 3.8) is 0 Å². The predicted molar refractivity (Wildman–Crippen MR) is 90.7 cm³/mol. The van der Waals surface area contributed by atoms with Gasteiger partial charge in [-0.15, -0.1) is 0 Å². The van der Waals surface area contributed by atoms with Crippen molar-refractivity contribution < 1.29 is 13.6 Å². The summed E-state index contributed by atoms with van der Waals surface area (Å²) >= 11 is 0. The Bertz CT molecular complexity index is 247. The highest BCUT2D eigenvalue weighted by atomic mass is 31.2. The van der Waals surface area contributed by atoms with E-state index in [0.717, 1.165) is 37.6 Å². The van der Waals surface area contributed by atoms with Gasteiger partial charge in [0.05, 0.1) is 19.8 Å². The fourth-order valence-electron chi connectivity index (χ4n) is 4.14. The molecular formula is C18H33O3P. The van der Waals surface area contributed by atoms with E-state index in [0.29, 0.717) is 0 Å². The van der Waals surface area contributed by atoms with E-state index in [4.69, 9.17) is 13.6 Å². The monoisotopic (exact) mass is 328 g/mol. The summed E-state index contributed by atoms with van der Waals surface area (Å²) in [5.74, 6) is 2.24. The second-order valence-electron chi connectivity index (χ2n) is 7.56. The minimum atomic E-state index is -1.11. The zero-order valence-corrected chi connectivity index (χ0v) is 14.9. The molecule has 0 bridgehead atoms. The summed E-state index contributed by atoms with van der Waals surface area (Å²) in [7, 11) is -1.11. The predicted octanol–water partition coefficient (Wildman–Crippen LogP) is 5.83. The first-order chi connectivity index (χ1) is 10.9. The molecule has 3 nitrogen and oxygen atoms in total. The molecule has 0 aliphatic heterocycles. The smallest absolute Gasteiger partial charge is 0.312 e. The van der Waals surface area contributed by atoms with Gasteiger partial charge in [0.25, 0.3) is 0 Å². The molecule has 0 N–H and O–H groups in total. The van der Waals surface area contributed by atoms with Crippen LogP contribution in [0.5, 0.6) is 0 Å². The normalized spacial score (nSPS) is 25.0. The average Bonchev–Trinajstić information content (AvgIpc) is 3.29. The molecule has 3 aliphatic rings. The number of rotatable bonds is 9. The Kier molecular flexibility index (Phi) is 7.46. The maximum atomic E-state index is 6.07. The molecule has 4 heteroatoms. The lowest BCUT2D eigenvalue weighted by atomic mass is 10.1. The second-order valence-corrected chi connectivity index (χ2v) is 8.78. The molecule has 0 aromatic rings. The molecule has 0 aromatic heterocycles. The van der Waals surface area contributed by atoms with Gasteiger partial charge in [-0.1, -0.05) is 38.5 Å². The summed E-state index contributed by atoms with van der Waals surface area (Å²) in [4.78, 5) is 0. The van der Waals surface area contributed by atoms with Crippen molar-refractivity contribution in [2.45, 2.75) is 77.0 Å². The van der Waals surface area contributed by atoms with Crippen LogP contribution in [0.15, 0.2) is 0 Å². The highest BCUT2D eigenvalue weighted by Gasteiger charge is 2.24. The van der Waals surface area contributed by atoms with E-state index in [1.807, 2.05) is 0 Å². The van der Waals surface area contributed by atoms with Gasteiger partial charge in [0, 0.05) is 0 Å². The maximum Gasteiger partial charge on any atom is 0.332 e. The van der Waals surface area contributed by atoms with Crippen LogP contribution in [0.25, 0.3) is 0 Å². The van der Waals surface area contributed by atoms with Crippen molar-refractivity contribution in [3.8, 4) is 0 Å². The standard InChI is InChI=1S/C18H33O3P/c1-2-8-16(7-1)13-19-22(20-14-17-9-3-4-10-17)21-15-18-11-5-6-12-18/h16-18H,1-15H2. The zero-order chi connectivity index (χ0) is 15.0. The Morgan fingerprint density at radius 2 is 0.773 bits per heavy atom. The third-order valence-electron chi connectivity index (χ3n) is 5.67. The van der Waals surface area contributed by atoms with Gasteiger partial charge < -0.3 is 13.6 Å². The Balaban J connectivity index is 1.38. The van der Waals surface area contributed by atoms with Gasteiger partial charge in [-0.05, 0) is 56.3 Å². The zero-order valence-electron chi connectivity index (χ0n) is 14.0. The minimum Gasteiger partial charge on any atom is -0.312 e. The summed E-state index contributed by atoms with van der Waals surface area (Å²) in [5.41, 5.74) is 0. The maximum absolute atomic E-state index is 6.07. The van der Waals surface area contributed by atoms with Crippen LogP contribution in [0.4, 0.5) is 0 Å². The van der Waals surface area contributed by atoms with Crippen molar-refractivity contribution in [2.24, 2.45) is 17.8 Å². The van der Waals surface area contributed by atoms with E-state index >= 15 is 0 Å². The van der Waals surface area contributed by atoms with Gasteiger partial charge in [0.2, 0.25) is 0 Å². The summed E-state index contributed by atoms with van der Waals surface area (Å²) < 4.78 is 18.2. The lowest BCUT2D eigenvalue weighted by Gasteiger charge is -2.21. The molecule has 128 valence electrons. The van der Waals surface area contributed by atoms with Gasteiger partial charge in [-0.2, -0.15) is 0 Å². The molecular weight excluding hydrogens is 295 g/mol. The van der Waals surface area contributed by atoms with Gasteiger partial charge in [0.1, 0.15) is 0 Å². The Labute approximate surface area is 137 Å². The summed E-state index contributed by atoms with van der Waals surface area (Å²) in [6.07, 6.45) is 16.2. The molecule has 0 spiro atoms. The quantitative estimate of drug-likeness (QED) is 0.498. The molecule has 3 fully saturated rings. The number of hydrogen-bond donors (Lipinski definition) is 0. The fourth-order valence-corrected chi connectivity index (χ4v) is 5.36. The van der Waals surface area contributed by atoms with E-state index in [9.17, 15) is 0 Å². The van der Waals surface area contributed by atoms with Gasteiger partial charge >= 0.3 is 8.60 Å². The molecule has 0 unspecified atom stereocenters. The van der Waals surface area contributed by atoms with Crippen molar-refractivity contribution in [2.75, 3.05) is 19.8 Å². The van der Waals surface area contributed by atoms with E-state index in [1.54, 1.807) is 0 Å². The van der Waals surface area contributed by atoms with Gasteiger partial charge in [-0.3, -0.25) is 0 Å². The first kappa shape index (κ1) is 17.1. The fraction of sp³-hybridized carbons (Fsp3) is 1.00. The van der Waals surface area contributed by atoms with Crippen LogP contribution in [0.3, 0.4) is 0 Å². The van der Waals surface area contributed by atoms with Crippen LogP contribution < -0.4 is 0 Å². The number of hydrogen-bond acceptors (Lipinski definition) is 3. The van der Waals surface area contributed by atoms with Crippen molar-refractivity contribution in [1.82, 2.24) is 0 Å². The molecule has 0 atom stereocenters. The largest absolute Gasteiger partial charge is 0.332 e. The molecule has 22 heavy (non-hydrogen) atoms. The van der Waals surface area contributed by atoms with Crippen LogP contribution in [0.2, 0.25) is 0 Å². The van der Waals surface area contributed by atoms with Crippen LogP contribution in [-0.4, -0.2) is 19.8 Å². The first-order valence-electron chi connectivity index (χ1n) is 9.59. The Morgan fingerprint density at radius 3 is 1.05 bits per heavy atom. The van der Waals surface area contributed by atoms with Gasteiger partial charge in [0.15, 0.2) is 0 Å². The van der Waals surface area contributed by atoms with Crippen LogP contribution in [0.1, 0.15) is 77.0 Å². The average molecular weight is 328 g/mol. The highest BCUT2D eigenvalue weighted by molar-refractivity contribution is 7.41. The van der Waals surface area contributed by atoms with Crippen LogP contribution >= 0.6 is 8.60 Å². The first-order valence-corrected chi connectivity index (χ1v) is 10.7. The molecule has 0 aromatic carbocycles. The summed E-state index contributed by atoms with van der Waals surface area (Å²) in [5, 5.41) is 0. The molecule has 0 radical (unpaired) electrons. The molecule has 3 rings (SSSR count). The minimum absolute atomic E-state index is 0.746. The molecule has 3 saturated carbocycles. The lowest BCUT2D eigenvalue weighted by molar-refractivity contribution is 0.119. The Morgan fingerprint density at radius 1 is 0.500 bits per heavy atom. The molecule has 0 heterocycles. The Hall–Kier alpha value is 0.310.